The minimum Gasteiger partial charge on any atom is -0.444 e. The van der Waals surface area contributed by atoms with Gasteiger partial charge >= 0.3 is 12.3 Å². The third-order valence-corrected chi connectivity index (χ3v) is 3.67. The Morgan fingerprint density at radius 1 is 1.17 bits per heavy atom. The van der Waals surface area contributed by atoms with Gasteiger partial charge in [-0.05, 0) is 38.5 Å². The van der Waals surface area contributed by atoms with Gasteiger partial charge in [-0.15, -0.1) is 0 Å². The molecular weight excluding hydrogens is 319 g/mol. The molecule has 0 atom stereocenters. The molecule has 0 aliphatic carbocycles. The summed E-state index contributed by atoms with van der Waals surface area (Å²) in [6.07, 6.45) is -0.956. The number of likely N-dealkylation sites (tertiary alicyclic amines) is 1. The maximum absolute atomic E-state index is 12.5. The summed E-state index contributed by atoms with van der Waals surface area (Å²) in [4.78, 5) is 13.5. The Labute approximate surface area is 140 Å². The molecule has 3 nitrogen and oxygen atoms in total. The van der Waals surface area contributed by atoms with Gasteiger partial charge < -0.3 is 9.64 Å². The molecule has 0 bridgehead atoms. The van der Waals surface area contributed by atoms with Crippen LogP contribution >= 0.6 is 0 Å². The number of rotatable bonds is 2. The maximum Gasteiger partial charge on any atom is 0.416 e. The number of halogens is 3. The molecule has 2 rings (SSSR count). The largest absolute Gasteiger partial charge is 0.444 e. The average Bonchev–Trinajstić information content (AvgIpc) is 2.39. The summed E-state index contributed by atoms with van der Waals surface area (Å²) in [7, 11) is 0. The number of ether oxygens (including phenoxy) is 1. The molecule has 132 valence electrons. The number of benzene rings is 1. The fourth-order valence-electron chi connectivity index (χ4n) is 2.47. The molecule has 1 heterocycles. The molecule has 0 aromatic heterocycles. The van der Waals surface area contributed by atoms with E-state index in [0.29, 0.717) is 18.7 Å². The molecule has 1 aliphatic heterocycles. The molecule has 0 saturated carbocycles. The van der Waals surface area contributed by atoms with Crippen LogP contribution in [-0.4, -0.2) is 29.7 Å². The molecule has 0 spiro atoms. The van der Waals surface area contributed by atoms with Crippen LogP contribution in [0.15, 0.2) is 30.3 Å². The number of carbonyl (C=O) groups excluding carboxylic acids is 1. The molecule has 24 heavy (non-hydrogen) atoms. The van der Waals surface area contributed by atoms with E-state index < -0.39 is 17.3 Å². The van der Waals surface area contributed by atoms with Crippen LogP contribution < -0.4 is 0 Å². The van der Waals surface area contributed by atoms with E-state index in [4.69, 9.17) is 4.74 Å². The number of hydrogen-bond acceptors (Lipinski definition) is 2. The molecule has 0 N–H and O–H groups in total. The highest BCUT2D eigenvalue weighted by atomic mass is 19.4. The quantitative estimate of drug-likeness (QED) is 0.759. The fraction of sp³-hybridized carbons (Fsp3) is 0.500. The third-order valence-electron chi connectivity index (χ3n) is 3.67. The second-order valence-corrected chi connectivity index (χ2v) is 7.44. The van der Waals surface area contributed by atoms with Crippen molar-refractivity contribution in [3.63, 3.8) is 0 Å². The van der Waals surface area contributed by atoms with Crippen LogP contribution in [-0.2, 0) is 10.9 Å². The highest BCUT2D eigenvalue weighted by Crippen LogP contribution is 2.34. The Balaban J connectivity index is 1.93. The molecule has 1 aromatic carbocycles. The van der Waals surface area contributed by atoms with Gasteiger partial charge in [0.1, 0.15) is 5.60 Å². The Morgan fingerprint density at radius 2 is 1.71 bits per heavy atom. The van der Waals surface area contributed by atoms with E-state index in [1.54, 1.807) is 11.0 Å². The highest BCUT2D eigenvalue weighted by Gasteiger charge is 2.41. The smallest absolute Gasteiger partial charge is 0.416 e. The van der Waals surface area contributed by atoms with E-state index >= 15 is 0 Å². The summed E-state index contributed by atoms with van der Waals surface area (Å²) in [6, 6.07) is 5.01. The molecule has 1 aromatic rings. The first-order valence-corrected chi connectivity index (χ1v) is 7.72. The van der Waals surface area contributed by atoms with Crippen molar-refractivity contribution in [2.24, 2.45) is 5.41 Å². The monoisotopic (exact) mass is 341 g/mol. The van der Waals surface area contributed by atoms with Gasteiger partial charge in [0.25, 0.3) is 0 Å². The third kappa shape index (κ3) is 4.76. The van der Waals surface area contributed by atoms with Crippen LogP contribution in [0.25, 0.3) is 6.08 Å². The standard InChI is InChI=1S/C18H22F3NO2/c1-16(2,3)24-15(23)22-11-17(4,12-22)10-9-13-5-7-14(8-6-13)18(19,20)21/h5-10H,11-12H2,1-4H3/b10-9+. The summed E-state index contributed by atoms with van der Waals surface area (Å²) >= 11 is 0. The van der Waals surface area contributed by atoms with Crippen molar-refractivity contribution < 1.29 is 22.7 Å². The van der Waals surface area contributed by atoms with Crippen molar-refractivity contribution in [2.75, 3.05) is 13.1 Å². The second-order valence-electron chi connectivity index (χ2n) is 7.44. The minimum atomic E-state index is -4.32. The first-order chi connectivity index (χ1) is 10.9. The van der Waals surface area contributed by atoms with Crippen LogP contribution in [0.5, 0.6) is 0 Å². The van der Waals surface area contributed by atoms with Gasteiger partial charge in [-0.1, -0.05) is 31.2 Å². The Morgan fingerprint density at radius 3 is 2.17 bits per heavy atom. The van der Waals surface area contributed by atoms with Crippen molar-refractivity contribution in [3.05, 3.63) is 41.5 Å². The second kappa shape index (κ2) is 6.15. The Kier molecular flexibility index (Phi) is 4.70. The van der Waals surface area contributed by atoms with Gasteiger partial charge in [0.05, 0.1) is 5.56 Å². The molecule has 6 heteroatoms. The fourth-order valence-corrected chi connectivity index (χ4v) is 2.47. The lowest BCUT2D eigenvalue weighted by Gasteiger charge is -2.46. The SMILES string of the molecule is CC1(/C=C/c2ccc(C(F)(F)F)cc2)CN(C(=O)OC(C)(C)C)C1. The van der Waals surface area contributed by atoms with E-state index in [1.807, 2.05) is 33.8 Å². The normalized spacial score (nSPS) is 17.7. The van der Waals surface area contributed by atoms with Crippen LogP contribution in [0.4, 0.5) is 18.0 Å². The first-order valence-electron chi connectivity index (χ1n) is 7.72. The van der Waals surface area contributed by atoms with Gasteiger partial charge in [-0.2, -0.15) is 13.2 Å². The number of hydrogen-bond donors (Lipinski definition) is 0. The van der Waals surface area contributed by atoms with Crippen molar-refractivity contribution >= 4 is 12.2 Å². The van der Waals surface area contributed by atoms with Gasteiger partial charge in [-0.25, -0.2) is 4.79 Å². The topological polar surface area (TPSA) is 29.5 Å². The molecule has 1 fully saturated rings. The lowest BCUT2D eigenvalue weighted by atomic mass is 9.81. The summed E-state index contributed by atoms with van der Waals surface area (Å²) in [5.41, 5.74) is -0.691. The zero-order valence-corrected chi connectivity index (χ0v) is 14.3. The van der Waals surface area contributed by atoms with E-state index in [1.165, 1.54) is 12.1 Å². The van der Waals surface area contributed by atoms with Crippen molar-refractivity contribution in [1.82, 2.24) is 4.90 Å². The number of nitrogens with zero attached hydrogens (tertiary/aromatic N) is 1. The maximum atomic E-state index is 12.5. The summed E-state index contributed by atoms with van der Waals surface area (Å²) in [5, 5.41) is 0. The molecule has 1 saturated heterocycles. The van der Waals surface area contributed by atoms with E-state index in [2.05, 4.69) is 0 Å². The zero-order chi connectivity index (χ0) is 18.2. The number of amides is 1. The molecule has 0 radical (unpaired) electrons. The van der Waals surface area contributed by atoms with Gasteiger partial charge in [0.15, 0.2) is 0 Å². The molecule has 0 unspecified atom stereocenters. The van der Waals surface area contributed by atoms with E-state index in [0.717, 1.165) is 12.1 Å². The van der Waals surface area contributed by atoms with Gasteiger partial charge in [0.2, 0.25) is 0 Å². The van der Waals surface area contributed by atoms with E-state index in [9.17, 15) is 18.0 Å². The van der Waals surface area contributed by atoms with Crippen LogP contribution in [0.2, 0.25) is 0 Å². The predicted octanol–water partition coefficient (Wildman–Crippen LogP) is 4.98. The summed E-state index contributed by atoms with van der Waals surface area (Å²) < 4.78 is 42.9. The number of alkyl halides is 3. The molecular formula is C18H22F3NO2. The van der Waals surface area contributed by atoms with Crippen LogP contribution in [0.1, 0.15) is 38.8 Å². The Hall–Kier alpha value is -1.98. The molecule has 1 aliphatic rings. The predicted molar refractivity (Wildman–Crippen MR) is 86.4 cm³/mol. The van der Waals surface area contributed by atoms with Gasteiger partial charge in [0, 0.05) is 18.5 Å². The highest BCUT2D eigenvalue weighted by molar-refractivity contribution is 5.70. The lowest BCUT2D eigenvalue weighted by Crippen LogP contribution is -2.57. The summed E-state index contributed by atoms with van der Waals surface area (Å²) in [5.74, 6) is 0. The first kappa shape index (κ1) is 18.4. The van der Waals surface area contributed by atoms with Crippen molar-refractivity contribution in [3.8, 4) is 0 Å². The van der Waals surface area contributed by atoms with Crippen molar-refractivity contribution in [2.45, 2.75) is 39.5 Å². The van der Waals surface area contributed by atoms with Crippen molar-refractivity contribution in [1.29, 1.82) is 0 Å². The Bertz CT molecular complexity index is 621. The number of carbonyl (C=O) groups is 1. The van der Waals surface area contributed by atoms with Crippen LogP contribution in [0.3, 0.4) is 0 Å². The average molecular weight is 341 g/mol. The lowest BCUT2D eigenvalue weighted by molar-refractivity contribution is -0.137. The minimum absolute atomic E-state index is 0.195. The summed E-state index contributed by atoms with van der Waals surface area (Å²) in [6.45, 7) is 8.49. The zero-order valence-electron chi connectivity index (χ0n) is 14.3. The van der Waals surface area contributed by atoms with Crippen LogP contribution in [0, 0.1) is 5.41 Å². The van der Waals surface area contributed by atoms with E-state index in [-0.39, 0.29) is 11.5 Å². The van der Waals surface area contributed by atoms with Gasteiger partial charge in [-0.3, -0.25) is 0 Å². The molecule has 1 amide bonds.